The third kappa shape index (κ3) is 6.62. The van der Waals surface area contributed by atoms with Crippen molar-refractivity contribution < 1.29 is 0 Å². The summed E-state index contributed by atoms with van der Waals surface area (Å²) in [5.74, 6) is 1.33. The Balaban J connectivity index is 1.79. The van der Waals surface area contributed by atoms with Crippen LogP contribution in [0.25, 0.3) is 0 Å². The quantitative estimate of drug-likeness (QED) is 0.569. The predicted octanol–water partition coefficient (Wildman–Crippen LogP) is 3.10. The van der Waals surface area contributed by atoms with Gasteiger partial charge in [0, 0.05) is 56.4 Å². The Morgan fingerprint density at radius 3 is 2.50 bits per heavy atom. The summed E-state index contributed by atoms with van der Waals surface area (Å²) in [6.07, 6.45) is 0. The summed E-state index contributed by atoms with van der Waals surface area (Å²) in [5, 5.41) is 8.14. The zero-order chi connectivity index (χ0) is 19.1. The first-order valence-corrected chi connectivity index (χ1v) is 9.97. The Morgan fingerprint density at radius 1 is 1.19 bits per heavy atom. The van der Waals surface area contributed by atoms with Gasteiger partial charge in [-0.3, -0.25) is 4.99 Å². The second-order valence-electron chi connectivity index (χ2n) is 7.19. The van der Waals surface area contributed by atoms with Crippen molar-refractivity contribution in [2.24, 2.45) is 10.9 Å². The summed E-state index contributed by atoms with van der Waals surface area (Å²) in [5.41, 5.74) is 1.00. The minimum absolute atomic E-state index is 0.0407. The number of likely N-dealkylation sites (N-methyl/N-ethyl adjacent to an activating group) is 1. The Bertz CT molecular complexity index is 600. The van der Waals surface area contributed by atoms with E-state index in [1.165, 1.54) is 0 Å². The Labute approximate surface area is 167 Å². The van der Waals surface area contributed by atoms with Gasteiger partial charge in [-0.25, -0.2) is 0 Å². The van der Waals surface area contributed by atoms with E-state index in [0.29, 0.717) is 16.0 Å². The molecule has 0 aliphatic carbocycles. The maximum absolute atomic E-state index is 6.30. The van der Waals surface area contributed by atoms with Gasteiger partial charge in [0.2, 0.25) is 0 Å². The minimum Gasteiger partial charge on any atom is -0.356 e. The van der Waals surface area contributed by atoms with Crippen molar-refractivity contribution in [1.82, 2.24) is 20.4 Å². The van der Waals surface area contributed by atoms with Crippen molar-refractivity contribution in [2.45, 2.75) is 19.9 Å². The average Bonchev–Trinajstić information content (AvgIpc) is 2.60. The molecule has 5 nitrogen and oxygen atoms in total. The van der Waals surface area contributed by atoms with Crippen LogP contribution in [0.5, 0.6) is 0 Å². The highest BCUT2D eigenvalue weighted by Crippen LogP contribution is 2.25. The number of guanidine groups is 1. The first-order chi connectivity index (χ1) is 12.4. The van der Waals surface area contributed by atoms with Crippen LogP contribution in [0.3, 0.4) is 0 Å². The van der Waals surface area contributed by atoms with Crippen molar-refractivity contribution >= 4 is 29.2 Å². The maximum Gasteiger partial charge on any atom is 0.191 e. The Hall–Kier alpha value is -1.01. The van der Waals surface area contributed by atoms with Gasteiger partial charge in [-0.15, -0.1) is 0 Å². The lowest BCUT2D eigenvalue weighted by Gasteiger charge is -2.34. The van der Waals surface area contributed by atoms with E-state index in [1.54, 1.807) is 13.1 Å². The molecule has 2 rings (SSSR count). The van der Waals surface area contributed by atoms with Crippen molar-refractivity contribution in [3.05, 3.63) is 33.8 Å². The van der Waals surface area contributed by atoms with E-state index in [9.17, 15) is 0 Å². The number of halogens is 2. The van der Waals surface area contributed by atoms with Gasteiger partial charge in [0.15, 0.2) is 5.96 Å². The average molecular weight is 400 g/mol. The predicted molar refractivity (Wildman–Crippen MR) is 112 cm³/mol. The lowest BCUT2D eigenvalue weighted by molar-refractivity contribution is 0.139. The second-order valence-corrected chi connectivity index (χ2v) is 8.04. The molecule has 0 radical (unpaired) electrons. The van der Waals surface area contributed by atoms with Crippen LogP contribution in [0.1, 0.15) is 25.5 Å². The van der Waals surface area contributed by atoms with Crippen LogP contribution in [0, 0.1) is 5.92 Å². The van der Waals surface area contributed by atoms with E-state index in [4.69, 9.17) is 23.2 Å². The molecule has 7 heteroatoms. The Morgan fingerprint density at radius 2 is 1.88 bits per heavy atom. The highest BCUT2D eigenvalue weighted by molar-refractivity contribution is 6.35. The van der Waals surface area contributed by atoms with Gasteiger partial charge in [-0.1, -0.05) is 36.2 Å². The number of nitrogens with one attached hydrogen (secondary N) is 2. The molecule has 1 heterocycles. The standard InChI is InChI=1S/C19H31Cl2N5/c1-14(13-26-9-7-25(4)8-10-26)12-23-19(22-3)24-15(2)17-6-5-16(20)11-18(17)21/h5-6,11,14-15H,7-10,12-13H2,1-4H3,(H2,22,23,24). The lowest BCUT2D eigenvalue weighted by Crippen LogP contribution is -2.47. The fourth-order valence-electron chi connectivity index (χ4n) is 3.14. The van der Waals surface area contributed by atoms with E-state index in [-0.39, 0.29) is 6.04 Å². The molecule has 1 aromatic carbocycles. The molecular weight excluding hydrogens is 369 g/mol. The smallest absolute Gasteiger partial charge is 0.191 e. The first-order valence-electron chi connectivity index (χ1n) is 9.22. The number of nitrogens with zero attached hydrogens (tertiary/aromatic N) is 3. The van der Waals surface area contributed by atoms with Crippen molar-refractivity contribution in [2.75, 3.05) is 53.4 Å². The normalized spacial score (nSPS) is 19.2. The van der Waals surface area contributed by atoms with Gasteiger partial charge in [0.1, 0.15) is 0 Å². The monoisotopic (exact) mass is 399 g/mol. The largest absolute Gasteiger partial charge is 0.356 e. The van der Waals surface area contributed by atoms with Crippen molar-refractivity contribution in [3.8, 4) is 0 Å². The van der Waals surface area contributed by atoms with E-state index >= 15 is 0 Å². The van der Waals surface area contributed by atoms with E-state index in [1.807, 2.05) is 12.1 Å². The summed E-state index contributed by atoms with van der Waals surface area (Å²) in [6, 6.07) is 5.62. The maximum atomic E-state index is 6.30. The molecular formula is C19H31Cl2N5. The van der Waals surface area contributed by atoms with E-state index in [2.05, 4.69) is 46.3 Å². The number of hydrogen-bond acceptors (Lipinski definition) is 3. The molecule has 1 aromatic rings. The number of piperazine rings is 1. The minimum atomic E-state index is 0.0407. The molecule has 1 aliphatic rings. The lowest BCUT2D eigenvalue weighted by atomic mass is 10.1. The second kappa shape index (κ2) is 10.4. The SMILES string of the molecule is CN=C(NCC(C)CN1CCN(C)CC1)NC(C)c1ccc(Cl)cc1Cl. The Kier molecular flexibility index (Phi) is 8.48. The van der Waals surface area contributed by atoms with E-state index in [0.717, 1.165) is 50.8 Å². The zero-order valence-electron chi connectivity index (χ0n) is 16.2. The number of rotatable bonds is 6. The summed E-state index contributed by atoms with van der Waals surface area (Å²) in [7, 11) is 3.97. The first kappa shape index (κ1) is 21.3. The van der Waals surface area contributed by atoms with E-state index < -0.39 is 0 Å². The van der Waals surface area contributed by atoms with Gasteiger partial charge in [0.25, 0.3) is 0 Å². The molecule has 0 amide bonds. The summed E-state index contributed by atoms with van der Waals surface area (Å²) in [6.45, 7) is 10.9. The molecule has 2 unspecified atom stereocenters. The molecule has 0 aromatic heterocycles. The van der Waals surface area contributed by atoms with Crippen LogP contribution in [0.2, 0.25) is 10.0 Å². The zero-order valence-corrected chi connectivity index (χ0v) is 17.7. The highest BCUT2D eigenvalue weighted by atomic mass is 35.5. The molecule has 26 heavy (non-hydrogen) atoms. The van der Waals surface area contributed by atoms with Crippen molar-refractivity contribution in [3.63, 3.8) is 0 Å². The van der Waals surface area contributed by atoms with Gasteiger partial charge >= 0.3 is 0 Å². The summed E-state index contributed by atoms with van der Waals surface area (Å²) < 4.78 is 0. The fourth-order valence-corrected chi connectivity index (χ4v) is 3.71. The topological polar surface area (TPSA) is 42.9 Å². The van der Waals surface area contributed by atoms with Crippen LogP contribution in [-0.4, -0.2) is 69.1 Å². The third-order valence-electron chi connectivity index (χ3n) is 4.79. The van der Waals surface area contributed by atoms with Crippen LogP contribution >= 0.6 is 23.2 Å². The molecule has 2 N–H and O–H groups in total. The molecule has 1 fully saturated rings. The van der Waals surface area contributed by atoms with Crippen LogP contribution in [0.4, 0.5) is 0 Å². The van der Waals surface area contributed by atoms with Gasteiger partial charge in [0.05, 0.1) is 6.04 Å². The molecule has 0 saturated carbocycles. The molecule has 2 atom stereocenters. The molecule has 1 saturated heterocycles. The van der Waals surface area contributed by atoms with Crippen LogP contribution < -0.4 is 10.6 Å². The van der Waals surface area contributed by atoms with Gasteiger partial charge < -0.3 is 20.4 Å². The summed E-state index contributed by atoms with van der Waals surface area (Å²) in [4.78, 5) is 9.26. The number of benzene rings is 1. The van der Waals surface area contributed by atoms with Crippen LogP contribution in [-0.2, 0) is 0 Å². The third-order valence-corrected chi connectivity index (χ3v) is 5.35. The highest BCUT2D eigenvalue weighted by Gasteiger charge is 2.17. The van der Waals surface area contributed by atoms with Gasteiger partial charge in [-0.05, 0) is 37.6 Å². The molecule has 0 bridgehead atoms. The molecule has 0 spiro atoms. The van der Waals surface area contributed by atoms with Crippen molar-refractivity contribution in [1.29, 1.82) is 0 Å². The number of hydrogen-bond donors (Lipinski definition) is 2. The molecule has 1 aliphatic heterocycles. The summed E-state index contributed by atoms with van der Waals surface area (Å²) >= 11 is 12.3. The number of aliphatic imine (C=N–C) groups is 1. The fraction of sp³-hybridized carbons (Fsp3) is 0.632. The van der Waals surface area contributed by atoms with Crippen LogP contribution in [0.15, 0.2) is 23.2 Å². The van der Waals surface area contributed by atoms with Gasteiger partial charge in [-0.2, -0.15) is 0 Å². The molecule has 146 valence electrons.